The first-order valence-electron chi connectivity index (χ1n) is 4.94. The van der Waals surface area contributed by atoms with Crippen LogP contribution in [0.15, 0.2) is 0 Å². The van der Waals surface area contributed by atoms with Crippen molar-refractivity contribution in [2.24, 2.45) is 0 Å². The first-order chi connectivity index (χ1) is 6.74. The molecule has 0 aromatic carbocycles. The average Bonchev–Trinajstić information content (AvgIpc) is 2.19. The van der Waals surface area contributed by atoms with Crippen LogP contribution in [-0.2, 0) is 9.47 Å². The highest BCUT2D eigenvalue weighted by molar-refractivity contribution is 5.67. The number of morpholine rings is 1. The second kappa shape index (κ2) is 5.82. The van der Waals surface area contributed by atoms with E-state index in [0.29, 0.717) is 19.8 Å². The third-order valence-corrected chi connectivity index (χ3v) is 2.06. The Morgan fingerprint density at radius 1 is 1.71 bits per heavy atom. The van der Waals surface area contributed by atoms with Crippen LogP contribution in [0.4, 0.5) is 4.79 Å². The van der Waals surface area contributed by atoms with Crippen LogP contribution >= 0.6 is 0 Å². The second-order valence-electron chi connectivity index (χ2n) is 3.28. The van der Waals surface area contributed by atoms with Crippen LogP contribution in [0.3, 0.4) is 0 Å². The van der Waals surface area contributed by atoms with Gasteiger partial charge in [-0.15, -0.1) is 0 Å². The molecular formula is C9H18N2O3. The van der Waals surface area contributed by atoms with Gasteiger partial charge in [0.2, 0.25) is 0 Å². The molecule has 5 heteroatoms. The minimum atomic E-state index is -0.290. The Morgan fingerprint density at radius 3 is 3.07 bits per heavy atom. The SMILES string of the molecule is CCOC(=O)N(C)CC1CNCCO1. The molecule has 82 valence electrons. The van der Waals surface area contributed by atoms with E-state index in [2.05, 4.69) is 5.32 Å². The number of amides is 1. The standard InChI is InChI=1S/C9H18N2O3/c1-3-13-9(12)11(2)7-8-6-10-4-5-14-8/h8,10H,3-7H2,1-2H3. The molecule has 1 fully saturated rings. The van der Waals surface area contributed by atoms with Gasteiger partial charge in [-0.3, -0.25) is 0 Å². The molecule has 1 aliphatic rings. The molecule has 1 aliphatic heterocycles. The number of likely N-dealkylation sites (N-methyl/N-ethyl adjacent to an activating group) is 1. The summed E-state index contributed by atoms with van der Waals surface area (Å²) < 4.78 is 10.3. The van der Waals surface area contributed by atoms with Gasteiger partial charge in [0, 0.05) is 20.1 Å². The van der Waals surface area contributed by atoms with Gasteiger partial charge in [-0.25, -0.2) is 4.79 Å². The highest BCUT2D eigenvalue weighted by Crippen LogP contribution is 2.00. The lowest BCUT2D eigenvalue weighted by Crippen LogP contribution is -2.45. The Bertz CT molecular complexity index is 181. The van der Waals surface area contributed by atoms with Gasteiger partial charge in [-0.05, 0) is 6.92 Å². The summed E-state index contributed by atoms with van der Waals surface area (Å²) in [6.45, 7) is 5.17. The number of carbonyl (C=O) groups is 1. The minimum Gasteiger partial charge on any atom is -0.450 e. The van der Waals surface area contributed by atoms with Gasteiger partial charge in [-0.1, -0.05) is 0 Å². The van der Waals surface area contributed by atoms with Crippen molar-refractivity contribution < 1.29 is 14.3 Å². The number of hydrogen-bond donors (Lipinski definition) is 1. The van der Waals surface area contributed by atoms with Crippen LogP contribution in [0.1, 0.15) is 6.92 Å². The molecule has 0 aliphatic carbocycles. The fourth-order valence-corrected chi connectivity index (χ4v) is 1.35. The maximum atomic E-state index is 11.2. The molecule has 14 heavy (non-hydrogen) atoms. The summed E-state index contributed by atoms with van der Waals surface area (Å²) in [5, 5.41) is 3.21. The Labute approximate surface area is 84.4 Å². The van der Waals surface area contributed by atoms with Gasteiger partial charge in [0.1, 0.15) is 0 Å². The van der Waals surface area contributed by atoms with Gasteiger partial charge in [-0.2, -0.15) is 0 Å². The van der Waals surface area contributed by atoms with Crippen molar-refractivity contribution in [3.8, 4) is 0 Å². The van der Waals surface area contributed by atoms with Crippen molar-refractivity contribution in [3.63, 3.8) is 0 Å². The number of carbonyl (C=O) groups excluding carboxylic acids is 1. The maximum absolute atomic E-state index is 11.2. The molecule has 0 aromatic heterocycles. The predicted octanol–water partition coefficient (Wildman–Crippen LogP) is 0.0631. The van der Waals surface area contributed by atoms with Crippen molar-refractivity contribution >= 4 is 6.09 Å². The molecule has 0 aromatic rings. The van der Waals surface area contributed by atoms with E-state index in [1.807, 2.05) is 0 Å². The number of nitrogens with zero attached hydrogens (tertiary/aromatic N) is 1. The van der Waals surface area contributed by atoms with Gasteiger partial charge in [0.25, 0.3) is 0 Å². The van der Waals surface area contributed by atoms with Crippen molar-refractivity contribution in [3.05, 3.63) is 0 Å². The van der Waals surface area contributed by atoms with E-state index >= 15 is 0 Å². The quantitative estimate of drug-likeness (QED) is 0.703. The van der Waals surface area contributed by atoms with E-state index in [0.717, 1.165) is 13.1 Å². The van der Waals surface area contributed by atoms with Crippen LogP contribution in [0.25, 0.3) is 0 Å². The monoisotopic (exact) mass is 202 g/mol. The molecule has 0 saturated carbocycles. The highest BCUT2D eigenvalue weighted by Gasteiger charge is 2.18. The molecule has 1 heterocycles. The van der Waals surface area contributed by atoms with Gasteiger partial charge in [0.15, 0.2) is 0 Å². The fourth-order valence-electron chi connectivity index (χ4n) is 1.35. The topological polar surface area (TPSA) is 50.8 Å². The molecule has 1 atom stereocenters. The summed E-state index contributed by atoms with van der Waals surface area (Å²) in [4.78, 5) is 12.8. The molecular weight excluding hydrogens is 184 g/mol. The molecule has 5 nitrogen and oxygen atoms in total. The van der Waals surface area contributed by atoms with Gasteiger partial charge >= 0.3 is 6.09 Å². The lowest BCUT2D eigenvalue weighted by Gasteiger charge is -2.27. The van der Waals surface area contributed by atoms with E-state index in [-0.39, 0.29) is 12.2 Å². The summed E-state index contributed by atoms with van der Waals surface area (Å²) in [5.41, 5.74) is 0. The zero-order valence-electron chi connectivity index (χ0n) is 8.78. The lowest BCUT2D eigenvalue weighted by molar-refractivity contribution is 0.00864. The van der Waals surface area contributed by atoms with Crippen LogP contribution in [0.5, 0.6) is 0 Å². The Hall–Kier alpha value is -0.810. The van der Waals surface area contributed by atoms with E-state index in [4.69, 9.17) is 9.47 Å². The fraction of sp³-hybridized carbons (Fsp3) is 0.889. The van der Waals surface area contributed by atoms with Crippen molar-refractivity contribution in [1.29, 1.82) is 0 Å². The third kappa shape index (κ3) is 3.51. The minimum absolute atomic E-state index is 0.0816. The lowest BCUT2D eigenvalue weighted by atomic mass is 10.3. The average molecular weight is 202 g/mol. The van der Waals surface area contributed by atoms with E-state index in [1.165, 1.54) is 0 Å². The summed E-state index contributed by atoms with van der Waals surface area (Å²) in [7, 11) is 1.72. The number of hydrogen-bond acceptors (Lipinski definition) is 4. The molecule has 1 amide bonds. The summed E-state index contributed by atoms with van der Waals surface area (Å²) in [6, 6.07) is 0. The zero-order valence-corrected chi connectivity index (χ0v) is 8.78. The first kappa shape index (κ1) is 11.3. The third-order valence-electron chi connectivity index (χ3n) is 2.06. The largest absolute Gasteiger partial charge is 0.450 e. The van der Waals surface area contributed by atoms with Gasteiger partial charge < -0.3 is 19.7 Å². The smallest absolute Gasteiger partial charge is 0.409 e. The summed E-state index contributed by atoms with van der Waals surface area (Å²) >= 11 is 0. The zero-order chi connectivity index (χ0) is 10.4. The van der Waals surface area contributed by atoms with Crippen molar-refractivity contribution in [2.45, 2.75) is 13.0 Å². The van der Waals surface area contributed by atoms with E-state index in [9.17, 15) is 4.79 Å². The number of ether oxygens (including phenoxy) is 2. The molecule has 1 saturated heterocycles. The molecule has 1 unspecified atom stereocenters. The molecule has 1 rings (SSSR count). The maximum Gasteiger partial charge on any atom is 0.409 e. The van der Waals surface area contributed by atoms with Crippen LogP contribution in [-0.4, -0.2) is 57.0 Å². The van der Waals surface area contributed by atoms with Crippen LogP contribution in [0, 0.1) is 0 Å². The van der Waals surface area contributed by atoms with Crippen LogP contribution in [0.2, 0.25) is 0 Å². The normalized spacial score (nSPS) is 21.7. The van der Waals surface area contributed by atoms with Crippen LogP contribution < -0.4 is 5.32 Å². The Morgan fingerprint density at radius 2 is 2.50 bits per heavy atom. The molecule has 0 spiro atoms. The number of rotatable bonds is 3. The number of nitrogens with one attached hydrogen (secondary N) is 1. The predicted molar refractivity (Wildman–Crippen MR) is 52.3 cm³/mol. The van der Waals surface area contributed by atoms with E-state index < -0.39 is 0 Å². The molecule has 0 bridgehead atoms. The second-order valence-corrected chi connectivity index (χ2v) is 3.28. The van der Waals surface area contributed by atoms with Crippen molar-refractivity contribution in [1.82, 2.24) is 10.2 Å². The van der Waals surface area contributed by atoms with Gasteiger partial charge in [0.05, 0.1) is 25.9 Å². The molecule has 0 radical (unpaired) electrons. The van der Waals surface area contributed by atoms with Crippen molar-refractivity contribution in [2.75, 3.05) is 39.9 Å². The highest BCUT2D eigenvalue weighted by atomic mass is 16.6. The molecule has 1 N–H and O–H groups in total. The Balaban J connectivity index is 2.24. The Kier molecular flexibility index (Phi) is 4.69. The first-order valence-corrected chi connectivity index (χ1v) is 4.94. The summed E-state index contributed by atoms with van der Waals surface area (Å²) in [6.07, 6.45) is -0.208. The van der Waals surface area contributed by atoms with E-state index in [1.54, 1.807) is 18.9 Å². The summed E-state index contributed by atoms with van der Waals surface area (Å²) in [5.74, 6) is 0.